The van der Waals surface area contributed by atoms with Gasteiger partial charge >= 0.3 is 35.8 Å². The Hall–Kier alpha value is -5.52. The number of thioether (sulfide) groups is 1. The van der Waals surface area contributed by atoms with Crippen molar-refractivity contribution < 1.29 is 83.4 Å². The molecule has 0 heterocycles. The first-order valence-electron chi connectivity index (χ1n) is 15.8. The highest BCUT2D eigenvalue weighted by atomic mass is 32.2. The number of nitrogens with one attached hydrogen (secondary N) is 5. The molecule has 0 aromatic carbocycles. The minimum absolute atomic E-state index is 0.138. The monoisotopic (exact) mass is 780 g/mol. The molecule has 24 heteroatoms. The van der Waals surface area contributed by atoms with Gasteiger partial charge < -0.3 is 63.0 Å². The van der Waals surface area contributed by atoms with E-state index in [2.05, 4.69) is 21.3 Å². The number of carbonyl (C=O) groups excluding carboxylic acids is 5. The van der Waals surface area contributed by atoms with E-state index in [-0.39, 0.29) is 12.2 Å². The van der Waals surface area contributed by atoms with Gasteiger partial charge in [0.2, 0.25) is 29.5 Å². The van der Waals surface area contributed by atoms with Gasteiger partial charge in [0.1, 0.15) is 30.2 Å². The van der Waals surface area contributed by atoms with Crippen molar-refractivity contribution in [1.29, 1.82) is 0 Å². The summed E-state index contributed by atoms with van der Waals surface area (Å²) in [6.07, 6.45) is -4.47. The molecule has 0 saturated carbocycles. The van der Waals surface area contributed by atoms with Gasteiger partial charge in [-0.2, -0.15) is 11.8 Å². The van der Waals surface area contributed by atoms with Crippen molar-refractivity contribution in [3.8, 4) is 0 Å². The summed E-state index contributed by atoms with van der Waals surface area (Å²) in [6.45, 7) is 0. The Morgan fingerprint density at radius 3 is 1.02 bits per heavy atom. The summed E-state index contributed by atoms with van der Waals surface area (Å²) in [7, 11) is 0. The molecule has 298 valence electrons. The molecule has 13 N–H and O–H groups in total. The topological polar surface area (TPSA) is 395 Å². The molecule has 0 radical (unpaired) electrons. The zero-order valence-corrected chi connectivity index (χ0v) is 29.2. The minimum atomic E-state index is -1.77. The van der Waals surface area contributed by atoms with E-state index in [9.17, 15) is 63.0 Å². The molecule has 0 saturated heterocycles. The van der Waals surface area contributed by atoms with Crippen molar-refractivity contribution in [2.75, 3.05) is 12.0 Å². The average Bonchev–Trinajstić information content (AvgIpc) is 3.05. The number of carboxylic acid groups (broad SMARTS) is 6. The van der Waals surface area contributed by atoms with Gasteiger partial charge in [-0.05, 0) is 44.1 Å². The number of amides is 5. The van der Waals surface area contributed by atoms with Gasteiger partial charge in [-0.3, -0.25) is 47.9 Å². The van der Waals surface area contributed by atoms with Crippen LogP contribution in [0, 0.1) is 0 Å². The predicted octanol–water partition coefficient (Wildman–Crippen LogP) is -3.49. The Morgan fingerprint density at radius 1 is 0.453 bits per heavy atom. The van der Waals surface area contributed by atoms with Crippen LogP contribution in [0.5, 0.6) is 0 Å². The standard InChI is InChI=1S/C29H44N6O17S/c1-53-11-10-17(34-25(47)14(2-6-19(36)37)31-24(46)13(30)12-23(44)45)28(50)33-15(3-7-20(38)39)26(48)32-16(4-8-21(40)41)27(49)35-18(29(51)52)5-9-22(42)43/h13-18H,2-12,30H2,1H3,(H,31,46)(H,32,48)(H,33,50)(H,34,47)(H,35,49)(H,36,37)(H,38,39)(H,40,41)(H,42,43)(H,44,45)(H,51,52)/t13-,14-,15-,16-,17-,18-/m0/s1. The first-order chi connectivity index (χ1) is 24.7. The second kappa shape index (κ2) is 24.6. The normalized spacial score (nSPS) is 14.1. The third-order valence-corrected chi connectivity index (χ3v) is 7.72. The summed E-state index contributed by atoms with van der Waals surface area (Å²) < 4.78 is 0. The zero-order valence-electron chi connectivity index (χ0n) is 28.4. The van der Waals surface area contributed by atoms with Gasteiger partial charge in [0.25, 0.3) is 0 Å². The number of carbonyl (C=O) groups is 11. The van der Waals surface area contributed by atoms with Crippen molar-refractivity contribution in [3.05, 3.63) is 0 Å². The van der Waals surface area contributed by atoms with Crippen LogP contribution in [0.3, 0.4) is 0 Å². The third-order valence-electron chi connectivity index (χ3n) is 7.08. The largest absolute Gasteiger partial charge is 0.481 e. The number of hydrogen-bond donors (Lipinski definition) is 12. The van der Waals surface area contributed by atoms with Crippen LogP contribution in [-0.2, 0) is 52.7 Å². The summed E-state index contributed by atoms with van der Waals surface area (Å²) in [6, 6.07) is -10.1. The molecule has 0 unspecified atom stereocenters. The van der Waals surface area contributed by atoms with Gasteiger partial charge in [-0.15, -0.1) is 0 Å². The highest BCUT2D eigenvalue weighted by molar-refractivity contribution is 7.98. The Bertz CT molecular complexity index is 1380. The number of carboxylic acids is 6. The molecule has 53 heavy (non-hydrogen) atoms. The molecular weight excluding hydrogens is 736 g/mol. The highest BCUT2D eigenvalue weighted by Crippen LogP contribution is 2.09. The molecule has 0 fully saturated rings. The average molecular weight is 781 g/mol. The SMILES string of the molecule is CSCC[C@H](NC(=O)[C@H](CCC(=O)O)NC(=O)[C@@H](N)CC(=O)O)C(=O)N[C@@H](CCC(=O)O)C(=O)N[C@@H](CCC(=O)O)C(=O)N[C@@H](CCC(=O)O)C(=O)O. The second-order valence-electron chi connectivity index (χ2n) is 11.4. The molecule has 0 aromatic rings. The van der Waals surface area contributed by atoms with Crippen LogP contribution in [0.4, 0.5) is 0 Å². The van der Waals surface area contributed by atoms with Gasteiger partial charge in [0.05, 0.1) is 12.5 Å². The molecule has 0 aliphatic rings. The molecule has 5 amide bonds. The zero-order chi connectivity index (χ0) is 40.8. The molecule has 0 bridgehead atoms. The summed E-state index contributed by atoms with van der Waals surface area (Å²) in [5, 5.41) is 65.5. The maximum atomic E-state index is 13.5. The summed E-state index contributed by atoms with van der Waals surface area (Å²) in [4.78, 5) is 133. The van der Waals surface area contributed by atoms with Gasteiger partial charge in [-0.1, -0.05) is 0 Å². The summed E-state index contributed by atoms with van der Waals surface area (Å²) in [5.74, 6) is -14.3. The van der Waals surface area contributed by atoms with E-state index in [0.29, 0.717) is 0 Å². The molecule has 0 aromatic heterocycles. The molecular formula is C29H44N6O17S. The summed E-state index contributed by atoms with van der Waals surface area (Å²) in [5.41, 5.74) is 5.53. The predicted molar refractivity (Wildman–Crippen MR) is 178 cm³/mol. The van der Waals surface area contributed by atoms with Crippen LogP contribution in [0.1, 0.15) is 64.2 Å². The van der Waals surface area contributed by atoms with Gasteiger partial charge in [0, 0.05) is 25.7 Å². The van der Waals surface area contributed by atoms with Crippen LogP contribution in [0.15, 0.2) is 0 Å². The van der Waals surface area contributed by atoms with E-state index in [0.717, 1.165) is 0 Å². The van der Waals surface area contributed by atoms with E-state index < -0.39 is 159 Å². The first-order valence-corrected chi connectivity index (χ1v) is 17.2. The molecule has 23 nitrogen and oxygen atoms in total. The quantitative estimate of drug-likeness (QED) is 0.0366. The molecule has 0 spiro atoms. The minimum Gasteiger partial charge on any atom is -0.481 e. The Kier molecular flexibility index (Phi) is 22.1. The smallest absolute Gasteiger partial charge is 0.326 e. The molecule has 0 aliphatic heterocycles. The number of hydrogen-bond acceptors (Lipinski definition) is 13. The van der Waals surface area contributed by atoms with Gasteiger partial charge in [-0.25, -0.2) is 4.79 Å². The van der Waals surface area contributed by atoms with Crippen LogP contribution in [0.25, 0.3) is 0 Å². The number of aliphatic carboxylic acids is 6. The Morgan fingerprint density at radius 2 is 0.736 bits per heavy atom. The van der Waals surface area contributed by atoms with Crippen molar-refractivity contribution in [2.45, 2.75) is 100 Å². The van der Waals surface area contributed by atoms with Crippen LogP contribution in [-0.4, -0.2) is 144 Å². The summed E-state index contributed by atoms with van der Waals surface area (Å²) >= 11 is 1.21. The Balaban J connectivity index is 6.31. The fraction of sp³-hybridized carbons (Fsp3) is 0.621. The fourth-order valence-electron chi connectivity index (χ4n) is 4.29. The van der Waals surface area contributed by atoms with E-state index in [1.165, 1.54) is 11.8 Å². The molecule has 0 rings (SSSR count). The van der Waals surface area contributed by atoms with Crippen LogP contribution in [0.2, 0.25) is 0 Å². The lowest BCUT2D eigenvalue weighted by Gasteiger charge is -2.27. The van der Waals surface area contributed by atoms with Crippen molar-refractivity contribution in [1.82, 2.24) is 26.6 Å². The third kappa shape index (κ3) is 20.8. The van der Waals surface area contributed by atoms with E-state index >= 15 is 0 Å². The molecule has 6 atom stereocenters. The number of rotatable bonds is 28. The lowest BCUT2D eigenvalue weighted by atomic mass is 10.0. The maximum absolute atomic E-state index is 13.5. The highest BCUT2D eigenvalue weighted by Gasteiger charge is 2.33. The second-order valence-corrected chi connectivity index (χ2v) is 12.3. The Labute approximate surface area is 305 Å². The van der Waals surface area contributed by atoms with E-state index in [1.54, 1.807) is 6.26 Å². The van der Waals surface area contributed by atoms with Crippen LogP contribution >= 0.6 is 11.8 Å². The van der Waals surface area contributed by atoms with Crippen LogP contribution < -0.4 is 32.3 Å². The van der Waals surface area contributed by atoms with Crippen molar-refractivity contribution >= 4 is 77.1 Å². The van der Waals surface area contributed by atoms with E-state index in [4.69, 9.17) is 26.2 Å². The lowest BCUT2D eigenvalue weighted by molar-refractivity contribution is -0.144. The van der Waals surface area contributed by atoms with E-state index in [1.807, 2.05) is 5.32 Å². The first kappa shape index (κ1) is 47.5. The number of nitrogens with two attached hydrogens (primary N) is 1. The lowest BCUT2D eigenvalue weighted by Crippen LogP contribution is -2.59. The van der Waals surface area contributed by atoms with Gasteiger partial charge in [0.15, 0.2) is 0 Å². The van der Waals surface area contributed by atoms with Crippen molar-refractivity contribution in [2.24, 2.45) is 5.73 Å². The molecule has 0 aliphatic carbocycles. The fourth-order valence-corrected chi connectivity index (χ4v) is 4.76. The maximum Gasteiger partial charge on any atom is 0.326 e. The van der Waals surface area contributed by atoms with Crippen molar-refractivity contribution in [3.63, 3.8) is 0 Å².